The number of benzene rings is 2. The molecule has 3 heteroatoms. The molecule has 0 aliphatic heterocycles. The zero-order valence-electron chi connectivity index (χ0n) is 11.3. The van der Waals surface area contributed by atoms with Crippen LogP contribution in [0.3, 0.4) is 0 Å². The quantitative estimate of drug-likeness (QED) is 0.708. The third-order valence-electron chi connectivity index (χ3n) is 3.18. The average molecular weight is 272 g/mol. The SMILES string of the molecule is C[C@H](Nc1ccccc1)[C@H](C)Nc1ccc(S)cc1. The average Bonchev–Trinajstić information content (AvgIpc) is 2.42. The van der Waals surface area contributed by atoms with Gasteiger partial charge in [0.15, 0.2) is 0 Å². The van der Waals surface area contributed by atoms with E-state index < -0.39 is 0 Å². The Kier molecular flexibility index (Phi) is 4.74. The van der Waals surface area contributed by atoms with Crippen molar-refractivity contribution in [3.8, 4) is 0 Å². The van der Waals surface area contributed by atoms with Crippen LogP contribution >= 0.6 is 12.6 Å². The predicted molar refractivity (Wildman–Crippen MR) is 86.3 cm³/mol. The Hall–Kier alpha value is -1.61. The smallest absolute Gasteiger partial charge is 0.0431 e. The Morgan fingerprint density at radius 1 is 0.737 bits per heavy atom. The van der Waals surface area contributed by atoms with Crippen molar-refractivity contribution in [3.63, 3.8) is 0 Å². The third kappa shape index (κ3) is 4.21. The van der Waals surface area contributed by atoms with Gasteiger partial charge in [-0.05, 0) is 50.2 Å². The van der Waals surface area contributed by atoms with Gasteiger partial charge >= 0.3 is 0 Å². The summed E-state index contributed by atoms with van der Waals surface area (Å²) < 4.78 is 0. The van der Waals surface area contributed by atoms with Crippen molar-refractivity contribution in [1.29, 1.82) is 0 Å². The van der Waals surface area contributed by atoms with Crippen LogP contribution in [0.5, 0.6) is 0 Å². The van der Waals surface area contributed by atoms with Gasteiger partial charge in [0.2, 0.25) is 0 Å². The lowest BCUT2D eigenvalue weighted by molar-refractivity contribution is 0.677. The van der Waals surface area contributed by atoms with E-state index in [2.05, 4.69) is 49.2 Å². The fourth-order valence-electron chi connectivity index (χ4n) is 1.87. The first-order valence-corrected chi connectivity index (χ1v) is 6.97. The monoisotopic (exact) mass is 272 g/mol. The van der Waals surface area contributed by atoms with Gasteiger partial charge in [-0.1, -0.05) is 18.2 Å². The van der Waals surface area contributed by atoms with E-state index in [0.717, 1.165) is 16.3 Å². The lowest BCUT2D eigenvalue weighted by Crippen LogP contribution is -2.34. The molecule has 0 unspecified atom stereocenters. The van der Waals surface area contributed by atoms with E-state index in [4.69, 9.17) is 0 Å². The summed E-state index contributed by atoms with van der Waals surface area (Å²) in [5.41, 5.74) is 2.27. The van der Waals surface area contributed by atoms with Gasteiger partial charge in [-0.25, -0.2) is 0 Å². The second-order valence-corrected chi connectivity index (χ2v) is 5.30. The molecule has 0 spiro atoms. The molecule has 0 amide bonds. The second-order valence-electron chi connectivity index (χ2n) is 4.78. The highest BCUT2D eigenvalue weighted by Crippen LogP contribution is 2.15. The summed E-state index contributed by atoms with van der Waals surface area (Å²) in [5.74, 6) is 0. The highest BCUT2D eigenvalue weighted by molar-refractivity contribution is 7.80. The molecule has 2 aromatic carbocycles. The Morgan fingerprint density at radius 3 is 1.74 bits per heavy atom. The van der Waals surface area contributed by atoms with Gasteiger partial charge < -0.3 is 10.6 Å². The van der Waals surface area contributed by atoms with Crippen molar-refractivity contribution >= 4 is 24.0 Å². The zero-order chi connectivity index (χ0) is 13.7. The molecule has 2 atom stereocenters. The van der Waals surface area contributed by atoms with Crippen LogP contribution in [0.25, 0.3) is 0 Å². The molecule has 100 valence electrons. The maximum atomic E-state index is 4.29. The van der Waals surface area contributed by atoms with Gasteiger partial charge in [0, 0.05) is 28.4 Å². The molecule has 0 aliphatic rings. The molecular formula is C16H20N2S. The van der Waals surface area contributed by atoms with Crippen LogP contribution in [0.4, 0.5) is 11.4 Å². The lowest BCUT2D eigenvalue weighted by atomic mass is 10.1. The zero-order valence-corrected chi connectivity index (χ0v) is 12.2. The van der Waals surface area contributed by atoms with E-state index in [1.807, 2.05) is 42.5 Å². The van der Waals surface area contributed by atoms with Crippen molar-refractivity contribution < 1.29 is 0 Å². The molecule has 0 heterocycles. The molecule has 2 N–H and O–H groups in total. The van der Waals surface area contributed by atoms with E-state index >= 15 is 0 Å². The largest absolute Gasteiger partial charge is 0.381 e. The summed E-state index contributed by atoms with van der Waals surface area (Å²) in [6, 6.07) is 19.0. The van der Waals surface area contributed by atoms with Crippen LogP contribution < -0.4 is 10.6 Å². The van der Waals surface area contributed by atoms with Gasteiger partial charge in [-0.2, -0.15) is 0 Å². The molecule has 19 heavy (non-hydrogen) atoms. The van der Waals surface area contributed by atoms with Crippen molar-refractivity contribution in [2.45, 2.75) is 30.8 Å². The van der Waals surface area contributed by atoms with E-state index in [-0.39, 0.29) is 0 Å². The van der Waals surface area contributed by atoms with Crippen molar-refractivity contribution in [3.05, 3.63) is 54.6 Å². The van der Waals surface area contributed by atoms with Gasteiger partial charge in [-0.3, -0.25) is 0 Å². The molecule has 2 nitrogen and oxygen atoms in total. The van der Waals surface area contributed by atoms with Crippen LogP contribution in [-0.4, -0.2) is 12.1 Å². The number of hydrogen-bond acceptors (Lipinski definition) is 3. The molecule has 0 saturated carbocycles. The van der Waals surface area contributed by atoms with Gasteiger partial charge in [-0.15, -0.1) is 12.6 Å². The lowest BCUT2D eigenvalue weighted by Gasteiger charge is -2.24. The molecule has 0 aliphatic carbocycles. The van der Waals surface area contributed by atoms with Crippen molar-refractivity contribution in [2.75, 3.05) is 10.6 Å². The fourth-order valence-corrected chi connectivity index (χ4v) is 2.02. The molecular weight excluding hydrogens is 252 g/mol. The minimum Gasteiger partial charge on any atom is -0.381 e. The summed E-state index contributed by atoms with van der Waals surface area (Å²) in [6.07, 6.45) is 0. The summed E-state index contributed by atoms with van der Waals surface area (Å²) in [4.78, 5) is 0.980. The molecule has 2 rings (SSSR count). The third-order valence-corrected chi connectivity index (χ3v) is 3.48. The Labute approximate surface area is 120 Å². The standard InChI is InChI=1S/C16H20N2S/c1-12(17-14-6-4-3-5-7-14)13(2)18-15-8-10-16(19)11-9-15/h3-13,17-19H,1-2H3/t12-,13-/m0/s1. The van der Waals surface area contributed by atoms with E-state index in [0.29, 0.717) is 12.1 Å². The normalized spacial score (nSPS) is 13.6. The molecule has 0 aromatic heterocycles. The fraction of sp³-hybridized carbons (Fsp3) is 0.250. The maximum absolute atomic E-state index is 4.29. The molecule has 0 bridgehead atoms. The number of nitrogens with one attached hydrogen (secondary N) is 2. The summed E-state index contributed by atoms with van der Waals surface area (Å²) in [7, 11) is 0. The van der Waals surface area contributed by atoms with Crippen LogP contribution in [0, 0.1) is 0 Å². The highest BCUT2D eigenvalue weighted by atomic mass is 32.1. The van der Waals surface area contributed by atoms with Crippen molar-refractivity contribution in [2.24, 2.45) is 0 Å². The number of anilines is 2. The summed E-state index contributed by atoms with van der Waals surface area (Å²) in [5, 5.41) is 6.99. The molecule has 0 fully saturated rings. The number of para-hydroxylation sites is 1. The molecule has 0 radical (unpaired) electrons. The van der Waals surface area contributed by atoms with E-state index in [1.165, 1.54) is 0 Å². The van der Waals surface area contributed by atoms with E-state index in [1.54, 1.807) is 0 Å². The van der Waals surface area contributed by atoms with E-state index in [9.17, 15) is 0 Å². The minimum atomic E-state index is 0.325. The second kappa shape index (κ2) is 6.53. The first-order chi connectivity index (χ1) is 9.15. The van der Waals surface area contributed by atoms with Crippen LogP contribution in [0.1, 0.15) is 13.8 Å². The summed E-state index contributed by atoms with van der Waals surface area (Å²) in [6.45, 7) is 4.35. The minimum absolute atomic E-state index is 0.325. The Balaban J connectivity index is 1.92. The highest BCUT2D eigenvalue weighted by Gasteiger charge is 2.11. The summed E-state index contributed by atoms with van der Waals surface area (Å²) >= 11 is 4.29. The Bertz CT molecular complexity index is 496. The number of thiol groups is 1. The predicted octanol–water partition coefficient (Wildman–Crippen LogP) is 4.28. The Morgan fingerprint density at radius 2 is 1.21 bits per heavy atom. The first kappa shape index (κ1) is 13.8. The van der Waals surface area contributed by atoms with Gasteiger partial charge in [0.05, 0.1) is 0 Å². The molecule has 2 aromatic rings. The maximum Gasteiger partial charge on any atom is 0.0431 e. The number of rotatable bonds is 5. The topological polar surface area (TPSA) is 24.1 Å². The number of hydrogen-bond donors (Lipinski definition) is 3. The molecule has 0 saturated heterocycles. The van der Waals surface area contributed by atoms with Crippen molar-refractivity contribution in [1.82, 2.24) is 0 Å². The first-order valence-electron chi connectivity index (χ1n) is 6.52. The van der Waals surface area contributed by atoms with Gasteiger partial charge in [0.1, 0.15) is 0 Å². The van der Waals surface area contributed by atoms with Crippen LogP contribution in [-0.2, 0) is 0 Å². The van der Waals surface area contributed by atoms with Crippen LogP contribution in [0.2, 0.25) is 0 Å². The van der Waals surface area contributed by atoms with Gasteiger partial charge in [0.25, 0.3) is 0 Å². The van der Waals surface area contributed by atoms with Crippen LogP contribution in [0.15, 0.2) is 59.5 Å².